The molecule has 1 atom stereocenters. The minimum Gasteiger partial charge on any atom is -0.424 e. The summed E-state index contributed by atoms with van der Waals surface area (Å²) in [6.07, 6.45) is 1.54. The summed E-state index contributed by atoms with van der Waals surface area (Å²) in [6.45, 7) is 9.12. The normalized spacial score (nSPS) is 15.5. The van der Waals surface area contributed by atoms with Gasteiger partial charge in [-0.1, -0.05) is 43.6 Å². The number of hydrogen-bond acceptors (Lipinski definition) is 1. The number of hydrogen-bond donors (Lipinski definition) is 0. The maximum absolute atomic E-state index is 5.63. The minimum atomic E-state index is 0.301. The van der Waals surface area contributed by atoms with E-state index >= 15 is 0 Å². The SMILES string of the molecule is CC(C)C(C)(C)C(CCBr)O[SiH3]. The first-order valence-corrected chi connectivity index (χ1v) is 6.49. The van der Waals surface area contributed by atoms with Crippen LogP contribution in [0.5, 0.6) is 0 Å². The molecule has 0 N–H and O–H groups in total. The Morgan fingerprint density at radius 3 is 2.17 bits per heavy atom. The molecule has 1 nitrogen and oxygen atoms in total. The lowest BCUT2D eigenvalue weighted by atomic mass is 9.75. The molecule has 0 spiro atoms. The second-order valence-electron chi connectivity index (χ2n) is 4.18. The molecule has 0 aromatic heterocycles. The summed E-state index contributed by atoms with van der Waals surface area (Å²) in [5.74, 6) is 0.676. The van der Waals surface area contributed by atoms with Gasteiger partial charge in [-0.15, -0.1) is 0 Å². The molecule has 0 rings (SSSR count). The Morgan fingerprint density at radius 1 is 1.42 bits per heavy atom. The van der Waals surface area contributed by atoms with Crippen LogP contribution < -0.4 is 0 Å². The van der Waals surface area contributed by atoms with E-state index in [2.05, 4.69) is 43.6 Å². The third-order valence-electron chi connectivity index (χ3n) is 2.97. The third kappa shape index (κ3) is 3.19. The van der Waals surface area contributed by atoms with E-state index in [0.29, 0.717) is 17.4 Å². The smallest absolute Gasteiger partial charge is 0.146 e. The highest BCUT2D eigenvalue weighted by Crippen LogP contribution is 2.33. The van der Waals surface area contributed by atoms with Crippen molar-refractivity contribution in [1.29, 1.82) is 0 Å². The molecule has 3 heteroatoms. The van der Waals surface area contributed by atoms with Crippen molar-refractivity contribution >= 4 is 26.4 Å². The lowest BCUT2D eigenvalue weighted by Crippen LogP contribution is -2.36. The van der Waals surface area contributed by atoms with Crippen molar-refractivity contribution in [2.45, 2.75) is 40.2 Å². The minimum absolute atomic E-state index is 0.301. The summed E-state index contributed by atoms with van der Waals surface area (Å²) < 4.78 is 5.63. The molecule has 12 heavy (non-hydrogen) atoms. The first kappa shape index (κ1) is 12.7. The molecule has 0 aliphatic heterocycles. The Hall–Kier alpha value is 0.657. The fourth-order valence-corrected chi connectivity index (χ4v) is 2.52. The Morgan fingerprint density at radius 2 is 1.92 bits per heavy atom. The van der Waals surface area contributed by atoms with E-state index in [1.54, 1.807) is 0 Å². The van der Waals surface area contributed by atoms with Gasteiger partial charge in [-0.2, -0.15) is 0 Å². The van der Waals surface area contributed by atoms with Crippen molar-refractivity contribution in [3.8, 4) is 0 Å². The predicted molar refractivity (Wildman–Crippen MR) is 61.8 cm³/mol. The molecule has 0 bridgehead atoms. The largest absolute Gasteiger partial charge is 0.424 e. The lowest BCUT2D eigenvalue weighted by molar-refractivity contribution is 0.0424. The number of halogens is 1. The molecule has 0 aliphatic carbocycles. The van der Waals surface area contributed by atoms with Gasteiger partial charge < -0.3 is 4.43 Å². The van der Waals surface area contributed by atoms with Crippen molar-refractivity contribution in [2.75, 3.05) is 5.33 Å². The first-order chi connectivity index (χ1) is 5.46. The molecule has 1 unspecified atom stereocenters. The summed E-state index contributed by atoms with van der Waals surface area (Å²) in [7, 11) is 0.842. The van der Waals surface area contributed by atoms with Crippen LogP contribution in [0.25, 0.3) is 0 Å². The molecule has 0 heterocycles. The molecule has 74 valence electrons. The molecule has 0 radical (unpaired) electrons. The van der Waals surface area contributed by atoms with Crippen LogP contribution in [0, 0.1) is 11.3 Å². The Kier molecular flexibility index (Phi) is 5.70. The Balaban J connectivity index is 4.25. The fraction of sp³-hybridized carbons (Fsp3) is 1.00. The van der Waals surface area contributed by atoms with Gasteiger partial charge in [0.1, 0.15) is 10.5 Å². The summed E-state index contributed by atoms with van der Waals surface area (Å²) in [6, 6.07) is 0. The lowest BCUT2D eigenvalue weighted by Gasteiger charge is -2.37. The Labute approximate surface area is 87.9 Å². The number of alkyl halides is 1. The van der Waals surface area contributed by atoms with E-state index in [9.17, 15) is 0 Å². The molecular weight excluding hydrogens is 232 g/mol. The van der Waals surface area contributed by atoms with Gasteiger partial charge in [0.2, 0.25) is 0 Å². The monoisotopic (exact) mass is 252 g/mol. The summed E-state index contributed by atoms with van der Waals surface area (Å²) >= 11 is 3.47. The van der Waals surface area contributed by atoms with Crippen molar-refractivity contribution < 1.29 is 4.43 Å². The second kappa shape index (κ2) is 5.40. The van der Waals surface area contributed by atoms with Crippen LogP contribution in [0.1, 0.15) is 34.1 Å². The molecular formula is C9H21BrOSi. The van der Waals surface area contributed by atoms with Crippen LogP contribution >= 0.6 is 15.9 Å². The Bertz CT molecular complexity index is 126. The van der Waals surface area contributed by atoms with E-state index in [0.717, 1.165) is 22.2 Å². The second-order valence-corrected chi connectivity index (χ2v) is 5.44. The average Bonchev–Trinajstić information content (AvgIpc) is 1.99. The molecule has 0 amide bonds. The van der Waals surface area contributed by atoms with Crippen molar-refractivity contribution in [3.63, 3.8) is 0 Å². The van der Waals surface area contributed by atoms with Gasteiger partial charge in [0.05, 0.1) is 0 Å². The van der Waals surface area contributed by atoms with Crippen LogP contribution in [-0.2, 0) is 4.43 Å². The highest BCUT2D eigenvalue weighted by atomic mass is 79.9. The summed E-state index contributed by atoms with van der Waals surface area (Å²) in [5, 5.41) is 1.04. The predicted octanol–water partition coefficient (Wildman–Crippen LogP) is 2.12. The standard InChI is InChI=1S/C9H21BrOSi/c1-7(2)9(3,4)8(11-12)5-6-10/h7-8H,5-6H2,1-4,12H3. The van der Waals surface area contributed by atoms with Gasteiger partial charge in [-0.05, 0) is 17.8 Å². The van der Waals surface area contributed by atoms with E-state index < -0.39 is 0 Å². The van der Waals surface area contributed by atoms with Gasteiger partial charge >= 0.3 is 0 Å². The van der Waals surface area contributed by atoms with Crippen molar-refractivity contribution in [2.24, 2.45) is 11.3 Å². The zero-order chi connectivity index (χ0) is 9.78. The van der Waals surface area contributed by atoms with Crippen LogP contribution in [0.2, 0.25) is 0 Å². The molecule has 0 aromatic carbocycles. The number of rotatable bonds is 5. The zero-order valence-electron chi connectivity index (χ0n) is 8.86. The van der Waals surface area contributed by atoms with Gasteiger partial charge in [-0.25, -0.2) is 0 Å². The fourth-order valence-electron chi connectivity index (χ4n) is 1.26. The molecule has 0 saturated carbocycles. The highest BCUT2D eigenvalue weighted by molar-refractivity contribution is 9.09. The zero-order valence-corrected chi connectivity index (χ0v) is 12.4. The first-order valence-electron chi connectivity index (χ1n) is 4.55. The maximum atomic E-state index is 5.63. The molecule has 0 aromatic rings. The van der Waals surface area contributed by atoms with E-state index in [1.165, 1.54) is 0 Å². The topological polar surface area (TPSA) is 9.23 Å². The van der Waals surface area contributed by atoms with Crippen molar-refractivity contribution in [3.05, 3.63) is 0 Å². The van der Waals surface area contributed by atoms with Crippen LogP contribution in [0.3, 0.4) is 0 Å². The van der Waals surface area contributed by atoms with Gasteiger partial charge in [-0.3, -0.25) is 0 Å². The molecule has 0 fully saturated rings. The van der Waals surface area contributed by atoms with Crippen LogP contribution in [0.4, 0.5) is 0 Å². The van der Waals surface area contributed by atoms with Gasteiger partial charge in [0.25, 0.3) is 0 Å². The third-order valence-corrected chi connectivity index (χ3v) is 4.00. The van der Waals surface area contributed by atoms with Gasteiger partial charge in [0, 0.05) is 11.4 Å². The molecule has 0 saturated heterocycles. The quantitative estimate of drug-likeness (QED) is 0.538. The summed E-state index contributed by atoms with van der Waals surface area (Å²) in [4.78, 5) is 0. The van der Waals surface area contributed by atoms with Crippen LogP contribution in [0.15, 0.2) is 0 Å². The average molecular weight is 253 g/mol. The highest BCUT2D eigenvalue weighted by Gasteiger charge is 2.31. The van der Waals surface area contributed by atoms with Crippen LogP contribution in [-0.4, -0.2) is 21.9 Å². The maximum Gasteiger partial charge on any atom is 0.146 e. The van der Waals surface area contributed by atoms with Crippen molar-refractivity contribution in [1.82, 2.24) is 0 Å². The van der Waals surface area contributed by atoms with Gasteiger partial charge in [0.15, 0.2) is 0 Å². The van der Waals surface area contributed by atoms with E-state index in [-0.39, 0.29) is 0 Å². The van der Waals surface area contributed by atoms with E-state index in [1.807, 2.05) is 0 Å². The summed E-state index contributed by atoms with van der Waals surface area (Å²) in [5.41, 5.74) is 0.301. The van der Waals surface area contributed by atoms with E-state index in [4.69, 9.17) is 4.43 Å². The molecule has 0 aliphatic rings.